The van der Waals surface area contributed by atoms with Gasteiger partial charge >= 0.3 is 0 Å². The molecule has 0 saturated carbocycles. The number of benzene rings is 1. The van der Waals surface area contributed by atoms with Gasteiger partial charge in [-0.3, -0.25) is 9.78 Å². The molecule has 1 atom stereocenters. The van der Waals surface area contributed by atoms with Crippen LogP contribution in [0.5, 0.6) is 0 Å². The average molecular weight is 257 g/mol. The van der Waals surface area contributed by atoms with E-state index in [0.29, 0.717) is 0 Å². The Kier molecular flexibility index (Phi) is 4.53. The van der Waals surface area contributed by atoms with Crippen molar-refractivity contribution in [3.63, 3.8) is 0 Å². The Morgan fingerprint density at radius 2 is 1.83 bits per heavy atom. The normalized spacial score (nSPS) is 12.1. The number of hydrogen-bond donors (Lipinski definition) is 0. The lowest BCUT2D eigenvalue weighted by Crippen LogP contribution is -2.13. The Morgan fingerprint density at radius 3 is 2.50 bits per heavy atom. The molecule has 1 unspecified atom stereocenters. The van der Waals surface area contributed by atoms with Crippen molar-refractivity contribution in [2.75, 3.05) is 0 Å². The number of pyridine rings is 1. The maximum Gasteiger partial charge on any atom is 0.175 e. The zero-order valence-corrected chi connectivity index (χ0v) is 11.1. The van der Waals surface area contributed by atoms with E-state index < -0.39 is 0 Å². The number of carbonyl (C=O) groups is 1. The topological polar surface area (TPSA) is 30.0 Å². The molecule has 1 aromatic carbocycles. The maximum absolute atomic E-state index is 12.1. The molecule has 2 nitrogen and oxygen atoms in total. The highest BCUT2D eigenvalue weighted by Gasteiger charge is 2.14. The first kappa shape index (κ1) is 12.8. The van der Waals surface area contributed by atoms with E-state index in [2.05, 4.69) is 4.98 Å². The van der Waals surface area contributed by atoms with Gasteiger partial charge in [-0.15, -0.1) is 11.8 Å². The number of hydrogen-bond acceptors (Lipinski definition) is 3. The zero-order valence-electron chi connectivity index (χ0n) is 10.2. The van der Waals surface area contributed by atoms with Crippen LogP contribution in [0.3, 0.4) is 0 Å². The molecule has 0 bridgehead atoms. The second-order valence-electron chi connectivity index (χ2n) is 4.04. The molecule has 0 spiro atoms. The van der Waals surface area contributed by atoms with Crippen molar-refractivity contribution >= 4 is 17.5 Å². The van der Waals surface area contributed by atoms with E-state index in [1.807, 2.05) is 49.4 Å². The maximum atomic E-state index is 12.1. The summed E-state index contributed by atoms with van der Waals surface area (Å²) >= 11 is 1.66. The highest BCUT2D eigenvalue weighted by molar-refractivity contribution is 7.99. The van der Waals surface area contributed by atoms with Gasteiger partial charge in [0.05, 0.1) is 5.25 Å². The van der Waals surface area contributed by atoms with Gasteiger partial charge in [-0.25, -0.2) is 0 Å². The van der Waals surface area contributed by atoms with Gasteiger partial charge < -0.3 is 0 Å². The summed E-state index contributed by atoms with van der Waals surface area (Å²) in [5.41, 5.74) is 1.98. The molecule has 0 amide bonds. The number of ketones is 1. The van der Waals surface area contributed by atoms with Crippen LogP contribution < -0.4 is 0 Å². The van der Waals surface area contributed by atoms with E-state index in [4.69, 9.17) is 0 Å². The van der Waals surface area contributed by atoms with Crippen molar-refractivity contribution in [3.05, 3.63) is 66.0 Å². The fraction of sp³-hybridized carbons (Fsp3) is 0.200. The number of Topliss-reactive ketones (excluding diaryl/α,β-unsaturated/α-hetero) is 1. The Bertz CT molecular complexity index is 498. The van der Waals surface area contributed by atoms with Gasteiger partial charge in [-0.2, -0.15) is 0 Å². The zero-order chi connectivity index (χ0) is 12.8. The van der Waals surface area contributed by atoms with Crippen molar-refractivity contribution in [2.24, 2.45) is 0 Å². The minimum absolute atomic E-state index is 0.0273. The lowest BCUT2D eigenvalue weighted by molar-refractivity contribution is 0.0994. The third-order valence-electron chi connectivity index (χ3n) is 2.68. The predicted octanol–water partition coefficient (Wildman–Crippen LogP) is 3.59. The SMILES string of the molecule is CC(SCc1ccncc1)C(=O)c1ccccc1. The third kappa shape index (κ3) is 3.44. The Morgan fingerprint density at radius 1 is 1.17 bits per heavy atom. The van der Waals surface area contributed by atoms with E-state index in [9.17, 15) is 4.79 Å². The fourth-order valence-corrected chi connectivity index (χ4v) is 2.54. The van der Waals surface area contributed by atoms with Crippen molar-refractivity contribution < 1.29 is 4.79 Å². The van der Waals surface area contributed by atoms with Gasteiger partial charge in [-0.1, -0.05) is 30.3 Å². The second kappa shape index (κ2) is 6.36. The summed E-state index contributed by atoms with van der Waals surface area (Å²) in [6.45, 7) is 1.96. The number of thioether (sulfide) groups is 1. The van der Waals surface area contributed by atoms with Gasteiger partial charge in [0.1, 0.15) is 0 Å². The van der Waals surface area contributed by atoms with E-state index in [1.165, 1.54) is 5.56 Å². The van der Waals surface area contributed by atoms with Crippen LogP contribution in [0.1, 0.15) is 22.8 Å². The number of rotatable bonds is 5. The number of carbonyl (C=O) groups excluding carboxylic acids is 1. The van der Waals surface area contributed by atoms with Crippen LogP contribution in [-0.4, -0.2) is 16.0 Å². The molecule has 0 aliphatic heterocycles. The molecule has 0 radical (unpaired) electrons. The summed E-state index contributed by atoms with van der Waals surface area (Å²) in [7, 11) is 0. The van der Waals surface area contributed by atoms with Gasteiger partial charge in [-0.05, 0) is 24.6 Å². The molecule has 1 heterocycles. The van der Waals surface area contributed by atoms with Crippen LogP contribution in [0.4, 0.5) is 0 Å². The van der Waals surface area contributed by atoms with Crippen LogP contribution in [0.2, 0.25) is 0 Å². The summed E-state index contributed by atoms with van der Waals surface area (Å²) in [6.07, 6.45) is 3.55. The summed E-state index contributed by atoms with van der Waals surface area (Å²) in [5.74, 6) is 1.03. The lowest BCUT2D eigenvalue weighted by atomic mass is 10.1. The first-order chi connectivity index (χ1) is 8.77. The third-order valence-corrected chi connectivity index (χ3v) is 3.89. The Balaban J connectivity index is 1.93. The lowest BCUT2D eigenvalue weighted by Gasteiger charge is -2.10. The van der Waals surface area contributed by atoms with Crippen molar-refractivity contribution in [1.29, 1.82) is 0 Å². The molecule has 0 N–H and O–H groups in total. The van der Waals surface area contributed by atoms with Gasteiger partial charge in [0.2, 0.25) is 0 Å². The van der Waals surface area contributed by atoms with E-state index >= 15 is 0 Å². The molecule has 3 heteroatoms. The highest BCUT2D eigenvalue weighted by atomic mass is 32.2. The molecule has 2 aromatic rings. The number of nitrogens with zero attached hydrogens (tertiary/aromatic N) is 1. The average Bonchev–Trinajstić information content (AvgIpc) is 2.46. The van der Waals surface area contributed by atoms with Crippen LogP contribution >= 0.6 is 11.8 Å². The monoisotopic (exact) mass is 257 g/mol. The van der Waals surface area contributed by atoms with Crippen LogP contribution in [-0.2, 0) is 5.75 Å². The van der Waals surface area contributed by atoms with Crippen molar-refractivity contribution in [3.8, 4) is 0 Å². The molecule has 18 heavy (non-hydrogen) atoms. The summed E-state index contributed by atoms with van der Waals surface area (Å²) in [6, 6.07) is 13.4. The Labute approximate surface area is 111 Å². The molecule has 0 fully saturated rings. The van der Waals surface area contributed by atoms with E-state index in [0.717, 1.165) is 11.3 Å². The van der Waals surface area contributed by atoms with Crippen LogP contribution in [0.25, 0.3) is 0 Å². The molecule has 2 rings (SSSR count). The fourth-order valence-electron chi connectivity index (χ4n) is 1.61. The van der Waals surface area contributed by atoms with Gasteiger partial charge in [0.25, 0.3) is 0 Å². The minimum Gasteiger partial charge on any atom is -0.293 e. The molecule has 0 aliphatic rings. The molecule has 0 aliphatic carbocycles. The van der Waals surface area contributed by atoms with Gasteiger partial charge in [0, 0.05) is 23.7 Å². The van der Waals surface area contributed by atoms with E-state index in [-0.39, 0.29) is 11.0 Å². The van der Waals surface area contributed by atoms with Crippen LogP contribution in [0.15, 0.2) is 54.9 Å². The smallest absolute Gasteiger partial charge is 0.175 e. The van der Waals surface area contributed by atoms with E-state index in [1.54, 1.807) is 24.2 Å². The quantitative estimate of drug-likeness (QED) is 0.767. The second-order valence-corrected chi connectivity index (χ2v) is 5.37. The first-order valence-electron chi connectivity index (χ1n) is 5.87. The molecule has 0 saturated heterocycles. The Hall–Kier alpha value is -1.61. The molecule has 1 aromatic heterocycles. The first-order valence-corrected chi connectivity index (χ1v) is 6.92. The predicted molar refractivity (Wildman–Crippen MR) is 75.8 cm³/mol. The molecular weight excluding hydrogens is 242 g/mol. The van der Waals surface area contributed by atoms with Crippen molar-refractivity contribution in [1.82, 2.24) is 4.98 Å². The van der Waals surface area contributed by atoms with Crippen LogP contribution in [0, 0.1) is 0 Å². The summed E-state index contributed by atoms with van der Waals surface area (Å²) < 4.78 is 0. The highest BCUT2D eigenvalue weighted by Crippen LogP contribution is 2.20. The molecular formula is C15H15NOS. The van der Waals surface area contributed by atoms with Gasteiger partial charge in [0.15, 0.2) is 5.78 Å². The minimum atomic E-state index is -0.0273. The summed E-state index contributed by atoms with van der Waals surface area (Å²) in [4.78, 5) is 16.1. The largest absolute Gasteiger partial charge is 0.293 e. The standard InChI is InChI=1S/C15H15NOS/c1-12(15(17)14-5-3-2-4-6-14)18-11-13-7-9-16-10-8-13/h2-10,12H,11H2,1H3. The number of aromatic nitrogens is 1. The molecule has 92 valence electrons. The van der Waals surface area contributed by atoms with Crippen molar-refractivity contribution in [2.45, 2.75) is 17.9 Å². The summed E-state index contributed by atoms with van der Waals surface area (Å²) in [5, 5.41) is -0.0273.